The van der Waals surface area contributed by atoms with Crippen LogP contribution in [-0.4, -0.2) is 19.5 Å². The molecule has 0 bridgehead atoms. The van der Waals surface area contributed by atoms with Crippen LogP contribution in [0.4, 0.5) is 5.69 Å². The Morgan fingerprint density at radius 1 is 1.13 bits per heavy atom. The predicted octanol–water partition coefficient (Wildman–Crippen LogP) is 4.74. The second-order valence-electron chi connectivity index (χ2n) is 7.30. The first-order valence-corrected chi connectivity index (χ1v) is 10.4. The fourth-order valence-electron chi connectivity index (χ4n) is 4.27. The number of nitrogens with one attached hydrogen (secondary N) is 1. The molecule has 1 aliphatic heterocycles. The second-order valence-corrected chi connectivity index (χ2v) is 8.16. The van der Waals surface area contributed by atoms with E-state index in [4.69, 9.17) is 4.98 Å². The molecular formula is C22H14N4O3S. The summed E-state index contributed by atoms with van der Waals surface area (Å²) in [5, 5.41) is 14.6. The maximum absolute atomic E-state index is 13.4. The number of hydrogen-bond donors (Lipinski definition) is 1. The molecule has 0 amide bonds. The lowest BCUT2D eigenvalue weighted by Gasteiger charge is -2.18. The molecule has 0 saturated carbocycles. The zero-order valence-corrected chi connectivity index (χ0v) is 16.4. The van der Waals surface area contributed by atoms with E-state index in [9.17, 15) is 14.9 Å². The van der Waals surface area contributed by atoms with Gasteiger partial charge in [-0.15, -0.1) is 11.3 Å². The smallest absolute Gasteiger partial charge is 0.269 e. The molecule has 0 saturated heterocycles. The maximum Gasteiger partial charge on any atom is 0.269 e. The Morgan fingerprint density at radius 3 is 2.73 bits per heavy atom. The van der Waals surface area contributed by atoms with Gasteiger partial charge < -0.3 is 4.98 Å². The molecule has 0 unspecified atom stereocenters. The largest absolute Gasteiger partial charge is 0.352 e. The first kappa shape index (κ1) is 17.1. The molecule has 30 heavy (non-hydrogen) atoms. The van der Waals surface area contributed by atoms with Crippen molar-refractivity contribution in [2.45, 2.75) is 13.0 Å². The molecular weight excluding hydrogens is 400 g/mol. The van der Waals surface area contributed by atoms with E-state index in [0.717, 1.165) is 28.8 Å². The minimum absolute atomic E-state index is 0.0249. The number of rotatable bonds is 2. The van der Waals surface area contributed by atoms with Crippen LogP contribution in [0.1, 0.15) is 5.56 Å². The minimum Gasteiger partial charge on any atom is -0.352 e. The van der Waals surface area contributed by atoms with Gasteiger partial charge in [-0.3, -0.25) is 19.5 Å². The van der Waals surface area contributed by atoms with Crippen molar-refractivity contribution < 1.29 is 4.92 Å². The van der Waals surface area contributed by atoms with E-state index in [2.05, 4.69) is 11.1 Å². The van der Waals surface area contributed by atoms with E-state index in [1.165, 1.54) is 34.4 Å². The molecule has 6 rings (SSSR count). The molecule has 2 aromatic carbocycles. The maximum atomic E-state index is 13.4. The van der Waals surface area contributed by atoms with Crippen LogP contribution >= 0.6 is 11.3 Å². The molecule has 4 heterocycles. The summed E-state index contributed by atoms with van der Waals surface area (Å²) in [6, 6.07) is 14.4. The van der Waals surface area contributed by atoms with E-state index in [0.29, 0.717) is 22.6 Å². The quantitative estimate of drug-likeness (QED) is 0.334. The highest BCUT2D eigenvalue weighted by molar-refractivity contribution is 7.17. The first-order valence-electron chi connectivity index (χ1n) is 9.48. The molecule has 0 radical (unpaired) electrons. The van der Waals surface area contributed by atoms with Crippen molar-refractivity contribution in [1.82, 2.24) is 14.5 Å². The molecule has 1 aliphatic rings. The van der Waals surface area contributed by atoms with Gasteiger partial charge >= 0.3 is 0 Å². The number of hydrogen-bond acceptors (Lipinski definition) is 5. The molecule has 146 valence electrons. The van der Waals surface area contributed by atoms with E-state index >= 15 is 0 Å². The molecule has 0 atom stereocenters. The van der Waals surface area contributed by atoms with Gasteiger partial charge in [0.1, 0.15) is 4.83 Å². The zero-order valence-electron chi connectivity index (χ0n) is 15.6. The van der Waals surface area contributed by atoms with Crippen molar-refractivity contribution in [3.63, 3.8) is 0 Å². The van der Waals surface area contributed by atoms with E-state index in [1.807, 2.05) is 23.6 Å². The normalized spacial score (nSPS) is 12.8. The van der Waals surface area contributed by atoms with Crippen molar-refractivity contribution in [1.29, 1.82) is 0 Å². The Kier molecular flexibility index (Phi) is 3.48. The van der Waals surface area contributed by atoms with Crippen LogP contribution < -0.4 is 5.56 Å². The molecule has 7 nitrogen and oxygen atoms in total. The summed E-state index contributed by atoms with van der Waals surface area (Å²) in [5.74, 6) is 0.669. The highest BCUT2D eigenvalue weighted by Gasteiger charge is 2.25. The summed E-state index contributed by atoms with van der Waals surface area (Å²) >= 11 is 1.42. The fraction of sp³-hybridized carbons (Fsp3) is 0.0909. The average molecular weight is 414 g/mol. The van der Waals surface area contributed by atoms with Gasteiger partial charge in [-0.1, -0.05) is 18.2 Å². The van der Waals surface area contributed by atoms with Crippen LogP contribution in [0, 0.1) is 10.1 Å². The average Bonchev–Trinajstić information content (AvgIpc) is 3.36. The van der Waals surface area contributed by atoms with Gasteiger partial charge in [-0.25, -0.2) is 4.98 Å². The molecule has 5 aromatic rings. The highest BCUT2D eigenvalue weighted by atomic mass is 32.1. The Bertz CT molecular complexity index is 1540. The summed E-state index contributed by atoms with van der Waals surface area (Å²) in [7, 11) is 0. The third-order valence-electron chi connectivity index (χ3n) is 5.71. The minimum atomic E-state index is -0.430. The third-order valence-corrected chi connectivity index (χ3v) is 6.58. The lowest BCUT2D eigenvalue weighted by molar-refractivity contribution is -0.384. The Labute approximate surface area is 173 Å². The SMILES string of the molecule is O=c1c2c(-c3ccc([N+](=O)[O-])cc3)csc2nc2n1CCc1c-2[nH]c2ccccc12. The zero-order chi connectivity index (χ0) is 20.4. The summed E-state index contributed by atoms with van der Waals surface area (Å²) in [6.07, 6.45) is 0.760. The molecule has 3 aromatic heterocycles. The highest BCUT2D eigenvalue weighted by Crippen LogP contribution is 2.36. The van der Waals surface area contributed by atoms with Gasteiger partial charge in [-0.05, 0) is 35.7 Å². The van der Waals surface area contributed by atoms with Crippen LogP contribution in [0.5, 0.6) is 0 Å². The van der Waals surface area contributed by atoms with Gasteiger partial charge in [0, 0.05) is 40.5 Å². The summed E-state index contributed by atoms with van der Waals surface area (Å²) in [5.41, 5.74) is 4.64. The van der Waals surface area contributed by atoms with E-state index in [-0.39, 0.29) is 11.2 Å². The standard InChI is InChI=1S/C22H14N4O3S/c27-22-18-16(12-5-7-13(8-6-12)26(28)29)11-30-21(18)24-20-19-15(9-10-25(20)22)14-3-1-2-4-17(14)23-19/h1-8,11,23H,9-10H2. The predicted molar refractivity (Wildman–Crippen MR) is 117 cm³/mol. The number of benzene rings is 2. The number of non-ortho nitro benzene ring substituents is 1. The van der Waals surface area contributed by atoms with Gasteiger partial charge in [0.15, 0.2) is 5.82 Å². The number of nitro groups is 1. The topological polar surface area (TPSA) is 93.8 Å². The van der Waals surface area contributed by atoms with Crippen LogP contribution in [0.25, 0.3) is 43.8 Å². The van der Waals surface area contributed by atoms with Crippen LogP contribution in [0.15, 0.2) is 58.7 Å². The Morgan fingerprint density at radius 2 is 1.93 bits per heavy atom. The molecule has 0 fully saturated rings. The number of nitrogens with zero attached hydrogens (tertiary/aromatic N) is 3. The Hall–Kier alpha value is -3.78. The van der Waals surface area contributed by atoms with Crippen molar-refractivity contribution in [2.75, 3.05) is 0 Å². The van der Waals surface area contributed by atoms with Gasteiger partial charge in [-0.2, -0.15) is 0 Å². The van der Waals surface area contributed by atoms with Gasteiger partial charge in [0.25, 0.3) is 11.2 Å². The number of nitro benzene ring substituents is 1. The number of fused-ring (bicyclic) bond motifs is 6. The van der Waals surface area contributed by atoms with Crippen molar-refractivity contribution in [3.05, 3.63) is 79.9 Å². The molecule has 0 spiro atoms. The van der Waals surface area contributed by atoms with E-state index in [1.54, 1.807) is 16.7 Å². The summed E-state index contributed by atoms with van der Waals surface area (Å²) < 4.78 is 1.74. The van der Waals surface area contributed by atoms with E-state index < -0.39 is 4.92 Å². The number of para-hydroxylation sites is 1. The summed E-state index contributed by atoms with van der Waals surface area (Å²) in [6.45, 7) is 0.571. The molecule has 1 N–H and O–H groups in total. The van der Waals surface area contributed by atoms with Crippen LogP contribution in [0.3, 0.4) is 0 Å². The monoisotopic (exact) mass is 414 g/mol. The number of aromatic nitrogens is 3. The molecule has 0 aliphatic carbocycles. The van der Waals surface area contributed by atoms with Gasteiger partial charge in [0.05, 0.1) is 16.0 Å². The number of aromatic amines is 1. The first-order chi connectivity index (χ1) is 14.6. The number of thiophene rings is 1. The lowest BCUT2D eigenvalue weighted by atomic mass is 10.0. The second kappa shape index (κ2) is 6.11. The van der Waals surface area contributed by atoms with Crippen molar-refractivity contribution >= 4 is 38.1 Å². The third kappa shape index (κ3) is 2.31. The fourth-order valence-corrected chi connectivity index (χ4v) is 5.21. The van der Waals surface area contributed by atoms with Crippen molar-refractivity contribution in [2.24, 2.45) is 0 Å². The molecule has 8 heteroatoms. The Balaban J connectivity index is 1.57. The van der Waals surface area contributed by atoms with Crippen LogP contribution in [-0.2, 0) is 13.0 Å². The lowest BCUT2D eigenvalue weighted by Crippen LogP contribution is -2.27. The number of H-pyrrole nitrogens is 1. The van der Waals surface area contributed by atoms with Crippen LogP contribution in [0.2, 0.25) is 0 Å². The number of aryl methyl sites for hydroxylation is 1. The van der Waals surface area contributed by atoms with Crippen molar-refractivity contribution in [3.8, 4) is 22.6 Å². The van der Waals surface area contributed by atoms with Gasteiger partial charge in [0.2, 0.25) is 0 Å². The summed E-state index contributed by atoms with van der Waals surface area (Å²) in [4.78, 5) is 32.9.